The maximum absolute atomic E-state index is 6.33. The number of benzene rings is 7. The highest BCUT2D eigenvalue weighted by Crippen LogP contribution is 2.62. The Labute approximate surface area is 321 Å². The zero-order chi connectivity index (χ0) is 33.6. The van der Waals surface area contributed by atoms with Gasteiger partial charge in [-0.2, -0.15) is 0 Å². The van der Waals surface area contributed by atoms with Crippen LogP contribution in [0.5, 0.6) is 11.5 Å². The minimum absolute atomic E-state index is 0. The average molecular weight is 758 g/mol. The third-order valence-electron chi connectivity index (χ3n) is 9.86. The lowest BCUT2D eigenvalue weighted by molar-refractivity contribution is -0.00100. The van der Waals surface area contributed by atoms with Crippen LogP contribution in [0, 0.1) is 0 Å². The monoisotopic (exact) mass is 756 g/mol. The second-order valence-electron chi connectivity index (χ2n) is 12.7. The maximum atomic E-state index is 6.33. The van der Waals surface area contributed by atoms with Crippen LogP contribution in [-0.4, -0.2) is 13.2 Å². The molecule has 1 aliphatic heterocycles. The highest BCUT2D eigenvalue weighted by Gasteiger charge is 2.49. The smallest absolute Gasteiger partial charge is 0.161 e. The first-order chi connectivity index (χ1) is 24.8. The molecule has 0 radical (unpaired) electrons. The lowest BCUT2D eigenvalue weighted by Gasteiger charge is -2.31. The van der Waals surface area contributed by atoms with Gasteiger partial charge in [-0.1, -0.05) is 109 Å². The molecule has 1 heterocycles. The van der Waals surface area contributed by atoms with Crippen LogP contribution in [0.15, 0.2) is 194 Å². The van der Waals surface area contributed by atoms with E-state index in [1.165, 1.54) is 43.0 Å². The molecule has 52 heavy (non-hydrogen) atoms. The first-order valence-corrected chi connectivity index (χ1v) is 21.2. The molecule has 2 nitrogen and oxygen atoms in total. The van der Waals surface area contributed by atoms with E-state index in [0.29, 0.717) is 13.2 Å². The summed E-state index contributed by atoms with van der Waals surface area (Å²) < 4.78 is 12.7. The maximum Gasteiger partial charge on any atom is 0.161 e. The van der Waals surface area contributed by atoms with Crippen LogP contribution >= 0.6 is 14.5 Å². The summed E-state index contributed by atoms with van der Waals surface area (Å²) in [5, 5.41) is 8.21. The number of ether oxygens (including phenoxy) is 2. The van der Waals surface area contributed by atoms with Gasteiger partial charge in [0.25, 0.3) is 0 Å². The number of hydrogen-bond donors (Lipinski definition) is 0. The molecule has 0 aliphatic carbocycles. The fourth-order valence-electron chi connectivity index (χ4n) is 7.52. The van der Waals surface area contributed by atoms with Crippen LogP contribution in [0.1, 0.15) is 11.1 Å². The summed E-state index contributed by atoms with van der Waals surface area (Å²) in [4.78, 5) is 0. The first-order valence-electron chi connectivity index (χ1n) is 17.3. The van der Waals surface area contributed by atoms with Crippen LogP contribution in [0.25, 0.3) is 0 Å². The lowest BCUT2D eigenvalue weighted by Crippen LogP contribution is -3.00. The van der Waals surface area contributed by atoms with E-state index < -0.39 is 14.5 Å². The van der Waals surface area contributed by atoms with Gasteiger partial charge < -0.3 is 34.3 Å². The van der Waals surface area contributed by atoms with Crippen molar-refractivity contribution in [3.63, 3.8) is 0 Å². The lowest BCUT2D eigenvalue weighted by atomic mass is 10.1. The van der Waals surface area contributed by atoms with Crippen molar-refractivity contribution in [3.8, 4) is 11.5 Å². The van der Waals surface area contributed by atoms with Crippen molar-refractivity contribution in [2.75, 3.05) is 13.2 Å². The van der Waals surface area contributed by atoms with Crippen LogP contribution in [0.2, 0.25) is 0 Å². The van der Waals surface area contributed by atoms with Gasteiger partial charge in [0, 0.05) is 11.1 Å². The summed E-state index contributed by atoms with van der Waals surface area (Å²) in [6.07, 6.45) is 1.71. The molecule has 0 fully saturated rings. The SMILES string of the molecule is [Cl-].[Cl-].c1ccc([P+](Cc2cc3c(cc2C[P+](c2ccccc2)(c2ccccc2)c2ccccc2)OCCO3)(c2ccccc2)c2ccccc2)cc1. The Morgan fingerprint density at radius 3 is 0.750 bits per heavy atom. The zero-order valence-electron chi connectivity index (χ0n) is 28.8. The van der Waals surface area contributed by atoms with Crippen molar-refractivity contribution in [1.82, 2.24) is 0 Å². The minimum atomic E-state index is -2.20. The zero-order valence-corrected chi connectivity index (χ0v) is 32.1. The molecule has 0 spiro atoms. The predicted octanol–water partition coefficient (Wildman–Crippen LogP) is 2.45. The van der Waals surface area contributed by atoms with Gasteiger partial charge in [-0.05, 0) is 84.9 Å². The Hall–Kier alpha value is -4.42. The summed E-state index contributed by atoms with van der Waals surface area (Å²) in [5.41, 5.74) is 2.62. The Morgan fingerprint density at radius 1 is 0.327 bits per heavy atom. The van der Waals surface area contributed by atoms with E-state index in [9.17, 15) is 0 Å². The second kappa shape index (κ2) is 16.9. The molecular weight excluding hydrogens is 717 g/mol. The number of fused-ring (bicyclic) bond motifs is 1. The molecule has 1 aliphatic rings. The number of hydrogen-bond acceptors (Lipinski definition) is 2. The van der Waals surface area contributed by atoms with Crippen LogP contribution < -0.4 is 66.1 Å². The molecule has 6 heteroatoms. The van der Waals surface area contributed by atoms with Gasteiger partial charge in [0.05, 0.1) is 12.3 Å². The van der Waals surface area contributed by atoms with Crippen LogP contribution in [0.4, 0.5) is 0 Å². The highest BCUT2D eigenvalue weighted by atomic mass is 35.5. The Balaban J connectivity index is 0.00000232. The summed E-state index contributed by atoms with van der Waals surface area (Å²) in [5.74, 6) is 1.68. The molecule has 260 valence electrons. The third kappa shape index (κ3) is 7.15. The molecule has 7 aromatic carbocycles. The standard InChI is InChI=1S/C46H40O2P2.2ClH/c1-7-19-39(20-8-1)49(40-21-9-2-10-22-40,41-23-11-3-12-24-41)35-37-33-45-46(48-32-31-47-45)34-38(37)36-50(42-25-13-4-14-26-42,43-27-15-5-16-28-43)44-29-17-6-18-30-44;;/h1-30,33-34H,31-32,35-36H2;2*1H/q+2;;/p-2. The van der Waals surface area contributed by atoms with Gasteiger partial charge in [-0.15, -0.1) is 0 Å². The molecule has 7 aromatic rings. The molecule has 8 rings (SSSR count). The van der Waals surface area contributed by atoms with E-state index in [4.69, 9.17) is 9.47 Å². The van der Waals surface area contributed by atoms with Gasteiger partial charge in [0.2, 0.25) is 0 Å². The number of halogens is 2. The van der Waals surface area contributed by atoms with Gasteiger partial charge in [-0.3, -0.25) is 0 Å². The van der Waals surface area contributed by atoms with Gasteiger partial charge in [-0.25, -0.2) is 0 Å². The predicted molar refractivity (Wildman–Crippen MR) is 215 cm³/mol. The molecular formula is C46H40Cl2O2P2. The van der Waals surface area contributed by atoms with Crippen molar-refractivity contribution < 1.29 is 34.3 Å². The quantitative estimate of drug-likeness (QED) is 0.200. The average Bonchev–Trinajstić information content (AvgIpc) is 3.21. The fourth-order valence-corrected chi connectivity index (χ4v) is 16.1. The fraction of sp³-hybridized carbons (Fsp3) is 0.0870. The Kier molecular flexibility index (Phi) is 12.2. The van der Waals surface area contributed by atoms with Gasteiger partial charge in [0.15, 0.2) is 11.5 Å². The van der Waals surface area contributed by atoms with E-state index in [1.54, 1.807) is 0 Å². The van der Waals surface area contributed by atoms with Crippen LogP contribution in [0.3, 0.4) is 0 Å². The Morgan fingerprint density at radius 2 is 0.538 bits per heavy atom. The van der Waals surface area contributed by atoms with Crippen molar-refractivity contribution in [3.05, 3.63) is 205 Å². The normalized spacial score (nSPS) is 12.2. The molecule has 0 bridgehead atoms. The third-order valence-corrected chi connectivity index (χ3v) is 18.6. The van der Waals surface area contributed by atoms with E-state index in [1.807, 2.05) is 0 Å². The summed E-state index contributed by atoms with van der Waals surface area (Å²) in [6, 6.07) is 71.7. The molecule has 0 N–H and O–H groups in total. The molecule has 0 amide bonds. The number of rotatable bonds is 10. The summed E-state index contributed by atoms with van der Waals surface area (Å²) >= 11 is 0. The molecule has 0 saturated heterocycles. The summed E-state index contributed by atoms with van der Waals surface area (Å²) in [7, 11) is -4.41. The van der Waals surface area contributed by atoms with Crippen molar-refractivity contribution in [2.45, 2.75) is 12.3 Å². The van der Waals surface area contributed by atoms with E-state index in [-0.39, 0.29) is 24.8 Å². The van der Waals surface area contributed by atoms with Crippen LogP contribution in [-0.2, 0) is 12.3 Å². The van der Waals surface area contributed by atoms with Gasteiger partial charge in [0.1, 0.15) is 59.6 Å². The van der Waals surface area contributed by atoms with Gasteiger partial charge >= 0.3 is 0 Å². The largest absolute Gasteiger partial charge is 1.00 e. The van der Waals surface area contributed by atoms with E-state index >= 15 is 0 Å². The highest BCUT2D eigenvalue weighted by molar-refractivity contribution is 7.95. The Bertz CT molecular complexity index is 1800. The minimum Gasteiger partial charge on any atom is -1.00 e. The van der Waals surface area contributed by atoms with Crippen molar-refractivity contribution >= 4 is 46.4 Å². The topological polar surface area (TPSA) is 18.5 Å². The summed E-state index contributed by atoms with van der Waals surface area (Å²) in [6.45, 7) is 1.11. The molecule has 0 aromatic heterocycles. The molecule has 0 saturated carbocycles. The molecule has 0 atom stereocenters. The van der Waals surface area contributed by atoms with Crippen molar-refractivity contribution in [2.24, 2.45) is 0 Å². The first kappa shape index (κ1) is 37.3. The van der Waals surface area contributed by atoms with E-state index in [2.05, 4.69) is 194 Å². The molecule has 0 unspecified atom stereocenters. The second-order valence-corrected chi connectivity index (χ2v) is 19.7. The van der Waals surface area contributed by atoms with Crippen molar-refractivity contribution in [1.29, 1.82) is 0 Å². The van der Waals surface area contributed by atoms with E-state index in [0.717, 1.165) is 23.8 Å².